The fourth-order valence-electron chi connectivity index (χ4n) is 9.21. The number of fused-ring (bicyclic) bond motifs is 5. The lowest BCUT2D eigenvalue weighted by atomic mass is 9.44. The van der Waals surface area contributed by atoms with Crippen LogP contribution in [-0.4, -0.2) is 17.6 Å². The molecule has 4 rings (SSSR count). The molecule has 178 valence electrons. The van der Waals surface area contributed by atoms with Crippen molar-refractivity contribution in [3.8, 4) is 0 Å². The minimum absolute atomic E-state index is 0.0236. The van der Waals surface area contributed by atoms with Crippen LogP contribution in [0.1, 0.15) is 112 Å². The molecule has 4 saturated carbocycles. The van der Waals surface area contributed by atoms with Crippen LogP contribution < -0.4 is 5.73 Å². The second-order valence-corrected chi connectivity index (χ2v) is 13.5. The molecule has 0 amide bonds. The van der Waals surface area contributed by atoms with Gasteiger partial charge in [0.2, 0.25) is 0 Å². The molecular weight excluding hydrogens is 382 g/mol. The Balaban J connectivity index is 1.42. The Labute approximate surface area is 191 Å². The van der Waals surface area contributed by atoms with Gasteiger partial charge in [-0.1, -0.05) is 20.8 Å². The minimum atomic E-state index is -0.374. The van der Waals surface area contributed by atoms with Crippen molar-refractivity contribution in [2.24, 2.45) is 52.1 Å². The van der Waals surface area contributed by atoms with Gasteiger partial charge in [-0.05, 0) is 131 Å². The topological polar surface area (TPSA) is 52.3 Å². The maximum Gasteiger partial charge on any atom is 0.306 e. The molecule has 0 aromatic heterocycles. The molecule has 0 aromatic rings. The van der Waals surface area contributed by atoms with Gasteiger partial charge in [0.1, 0.15) is 5.60 Å². The first-order chi connectivity index (χ1) is 14.4. The zero-order valence-corrected chi connectivity index (χ0v) is 21.2. The standard InChI is InChI=1S/C28H49NO2/c1-18(7-12-25(30)31-26(2,3)4)22-10-11-23-21-9-8-19-17-20(29)13-15-27(19,5)24(21)14-16-28(22,23)6/h18-24H,7-17,29H2,1-6H3/t18-,19-,20-,21+,22?,23+,24+,27+,28-/m1/s1. The molecule has 4 fully saturated rings. The second kappa shape index (κ2) is 8.33. The first kappa shape index (κ1) is 23.6. The van der Waals surface area contributed by atoms with Gasteiger partial charge in [-0.2, -0.15) is 0 Å². The predicted molar refractivity (Wildman–Crippen MR) is 127 cm³/mol. The lowest BCUT2D eigenvalue weighted by Crippen LogP contribution is -2.54. The average Bonchev–Trinajstić information content (AvgIpc) is 3.02. The first-order valence-corrected chi connectivity index (χ1v) is 13.4. The van der Waals surface area contributed by atoms with Gasteiger partial charge in [-0.3, -0.25) is 4.79 Å². The zero-order chi connectivity index (χ0) is 22.6. The molecule has 4 aliphatic rings. The molecule has 31 heavy (non-hydrogen) atoms. The maximum atomic E-state index is 12.3. The predicted octanol–water partition coefficient (Wildman–Crippen LogP) is 6.73. The molecule has 1 unspecified atom stereocenters. The van der Waals surface area contributed by atoms with Gasteiger partial charge in [0.15, 0.2) is 0 Å². The quantitative estimate of drug-likeness (QED) is 0.502. The molecular formula is C28H49NO2. The Morgan fingerprint density at radius 3 is 2.39 bits per heavy atom. The van der Waals surface area contributed by atoms with Crippen LogP contribution >= 0.6 is 0 Å². The summed E-state index contributed by atoms with van der Waals surface area (Å²) in [6.45, 7) is 13.6. The highest BCUT2D eigenvalue weighted by Crippen LogP contribution is 2.68. The normalized spacial score (nSPS) is 45.9. The summed E-state index contributed by atoms with van der Waals surface area (Å²) in [5.74, 6) is 4.97. The van der Waals surface area contributed by atoms with Crippen LogP contribution in [0.5, 0.6) is 0 Å². The Morgan fingerprint density at radius 2 is 1.68 bits per heavy atom. The Hall–Kier alpha value is -0.570. The Kier molecular flexibility index (Phi) is 6.34. The van der Waals surface area contributed by atoms with Gasteiger partial charge in [0.05, 0.1) is 0 Å². The van der Waals surface area contributed by atoms with Crippen LogP contribution in [0.15, 0.2) is 0 Å². The Bertz CT molecular complexity index is 668. The van der Waals surface area contributed by atoms with Crippen molar-refractivity contribution in [2.75, 3.05) is 0 Å². The van der Waals surface area contributed by atoms with Crippen LogP contribution in [0.4, 0.5) is 0 Å². The smallest absolute Gasteiger partial charge is 0.306 e. The molecule has 2 N–H and O–H groups in total. The summed E-state index contributed by atoms with van der Waals surface area (Å²) in [7, 11) is 0. The van der Waals surface area contributed by atoms with Gasteiger partial charge in [-0.15, -0.1) is 0 Å². The van der Waals surface area contributed by atoms with Gasteiger partial charge in [0.25, 0.3) is 0 Å². The van der Waals surface area contributed by atoms with E-state index in [1.165, 1.54) is 57.8 Å². The largest absolute Gasteiger partial charge is 0.460 e. The van der Waals surface area contributed by atoms with E-state index in [9.17, 15) is 4.79 Å². The van der Waals surface area contributed by atoms with E-state index >= 15 is 0 Å². The van der Waals surface area contributed by atoms with Crippen LogP contribution in [0.2, 0.25) is 0 Å². The molecule has 3 nitrogen and oxygen atoms in total. The fourth-order valence-corrected chi connectivity index (χ4v) is 9.21. The number of esters is 1. The zero-order valence-electron chi connectivity index (χ0n) is 21.2. The van der Waals surface area contributed by atoms with Crippen LogP contribution in [0.3, 0.4) is 0 Å². The summed E-state index contributed by atoms with van der Waals surface area (Å²) >= 11 is 0. The number of rotatable bonds is 4. The van der Waals surface area contributed by atoms with Crippen LogP contribution in [-0.2, 0) is 9.53 Å². The lowest BCUT2D eigenvalue weighted by Gasteiger charge is -2.61. The van der Waals surface area contributed by atoms with Crippen molar-refractivity contribution >= 4 is 5.97 Å². The second-order valence-electron chi connectivity index (χ2n) is 13.5. The third kappa shape index (κ3) is 4.34. The van der Waals surface area contributed by atoms with Gasteiger partial charge < -0.3 is 10.5 Å². The average molecular weight is 432 g/mol. The van der Waals surface area contributed by atoms with Crippen LogP contribution in [0.25, 0.3) is 0 Å². The van der Waals surface area contributed by atoms with Crippen molar-refractivity contribution in [2.45, 2.75) is 124 Å². The number of carbonyl (C=O) groups excluding carboxylic acids is 1. The third-order valence-corrected chi connectivity index (χ3v) is 10.7. The highest BCUT2D eigenvalue weighted by molar-refractivity contribution is 5.69. The molecule has 0 saturated heterocycles. The summed E-state index contributed by atoms with van der Waals surface area (Å²) in [5, 5.41) is 0. The van der Waals surface area contributed by atoms with Crippen molar-refractivity contribution in [1.29, 1.82) is 0 Å². The van der Waals surface area contributed by atoms with E-state index in [0.717, 1.165) is 36.0 Å². The molecule has 0 radical (unpaired) electrons. The maximum absolute atomic E-state index is 12.3. The van der Waals surface area contributed by atoms with Crippen molar-refractivity contribution in [1.82, 2.24) is 0 Å². The number of carbonyl (C=O) groups is 1. The van der Waals surface area contributed by atoms with E-state index in [1.807, 2.05) is 20.8 Å². The number of hydrogen-bond donors (Lipinski definition) is 1. The highest BCUT2D eigenvalue weighted by atomic mass is 16.6. The third-order valence-electron chi connectivity index (χ3n) is 10.7. The molecule has 9 atom stereocenters. The summed E-state index contributed by atoms with van der Waals surface area (Å²) < 4.78 is 5.57. The SMILES string of the molecule is C[C@H](CCC(=O)OC(C)(C)C)C1CC[C@H]2[C@@H]3CC[C@@H]4C[C@H](N)CC[C@]4(C)[C@H]3CC[C@]12C. The van der Waals surface area contributed by atoms with Crippen LogP contribution in [0, 0.1) is 46.3 Å². The van der Waals surface area contributed by atoms with E-state index < -0.39 is 0 Å². The molecule has 0 heterocycles. The Morgan fingerprint density at radius 1 is 1.00 bits per heavy atom. The molecule has 0 aromatic carbocycles. The van der Waals surface area contributed by atoms with Gasteiger partial charge >= 0.3 is 5.97 Å². The molecule has 0 bridgehead atoms. The fraction of sp³-hybridized carbons (Fsp3) is 0.964. The monoisotopic (exact) mass is 431 g/mol. The minimum Gasteiger partial charge on any atom is -0.460 e. The van der Waals surface area contributed by atoms with E-state index in [2.05, 4.69) is 20.8 Å². The summed E-state index contributed by atoms with van der Waals surface area (Å²) in [5.41, 5.74) is 7.02. The van der Waals surface area contributed by atoms with Gasteiger partial charge in [-0.25, -0.2) is 0 Å². The summed E-state index contributed by atoms with van der Waals surface area (Å²) in [6.07, 6.45) is 13.9. The van der Waals surface area contributed by atoms with Gasteiger partial charge in [0, 0.05) is 12.5 Å². The first-order valence-electron chi connectivity index (χ1n) is 13.4. The number of ether oxygens (including phenoxy) is 1. The van der Waals surface area contributed by atoms with E-state index in [0.29, 0.717) is 29.2 Å². The highest BCUT2D eigenvalue weighted by Gasteiger charge is 2.60. The molecule has 0 aliphatic heterocycles. The lowest BCUT2D eigenvalue weighted by molar-refractivity contribution is -0.155. The summed E-state index contributed by atoms with van der Waals surface area (Å²) in [6, 6.07) is 0.449. The summed E-state index contributed by atoms with van der Waals surface area (Å²) in [4.78, 5) is 12.3. The van der Waals surface area contributed by atoms with E-state index in [1.54, 1.807) is 0 Å². The molecule has 4 aliphatic carbocycles. The molecule has 0 spiro atoms. The number of hydrogen-bond acceptors (Lipinski definition) is 3. The van der Waals surface area contributed by atoms with Crippen molar-refractivity contribution in [3.63, 3.8) is 0 Å². The van der Waals surface area contributed by atoms with E-state index in [-0.39, 0.29) is 11.6 Å². The number of nitrogens with two attached hydrogens (primary N) is 1. The van der Waals surface area contributed by atoms with E-state index in [4.69, 9.17) is 10.5 Å². The van der Waals surface area contributed by atoms with Crippen molar-refractivity contribution in [3.05, 3.63) is 0 Å². The van der Waals surface area contributed by atoms with Crippen molar-refractivity contribution < 1.29 is 9.53 Å². The molecule has 3 heteroatoms.